The number of aliphatic hydroxyl groups excluding tert-OH is 1. The van der Waals surface area contributed by atoms with Crippen LogP contribution in [0.25, 0.3) is 0 Å². The van der Waals surface area contributed by atoms with Crippen LogP contribution in [0.2, 0.25) is 0 Å². The number of aromatic nitrogens is 1. The van der Waals surface area contributed by atoms with Crippen LogP contribution in [0.5, 0.6) is 11.5 Å². The van der Waals surface area contributed by atoms with Crippen molar-refractivity contribution in [2.75, 3.05) is 4.90 Å². The third-order valence-corrected chi connectivity index (χ3v) is 6.54. The molecule has 0 saturated heterocycles. The zero-order valence-corrected chi connectivity index (χ0v) is 19.2. The SMILES string of the molecule is Cc1nc(C)c(C(=O)C2=C(O)C(=O)N(c3ccc(Oc4ccccc4)cc3)C2c2ccco2)s1. The first kappa shape index (κ1) is 21.7. The molecule has 1 aliphatic heterocycles. The van der Waals surface area contributed by atoms with Crippen molar-refractivity contribution in [2.45, 2.75) is 19.9 Å². The van der Waals surface area contributed by atoms with Gasteiger partial charge in [-0.25, -0.2) is 4.98 Å². The molecule has 5 rings (SSSR count). The number of para-hydroxylation sites is 1. The smallest absolute Gasteiger partial charge is 0.294 e. The standard InChI is InChI=1S/C26H20N2O5S/c1-15-25(34-16(2)27-15)23(29)21-22(20-9-6-14-32-20)28(26(31)24(21)30)17-10-12-19(13-11-17)33-18-7-4-3-5-8-18/h3-14,22,30H,1-2H3. The summed E-state index contributed by atoms with van der Waals surface area (Å²) in [7, 11) is 0. The number of rotatable bonds is 6. The fourth-order valence-corrected chi connectivity index (χ4v) is 4.86. The van der Waals surface area contributed by atoms with E-state index in [0.717, 1.165) is 5.01 Å². The third-order valence-electron chi connectivity index (χ3n) is 5.47. The maximum atomic E-state index is 13.5. The molecule has 3 heterocycles. The number of furan rings is 1. The molecule has 0 radical (unpaired) electrons. The van der Waals surface area contributed by atoms with Crippen LogP contribution in [0.3, 0.4) is 0 Å². The number of aliphatic hydroxyl groups is 1. The summed E-state index contributed by atoms with van der Waals surface area (Å²) >= 11 is 1.23. The lowest BCUT2D eigenvalue weighted by molar-refractivity contribution is -0.117. The number of hydrogen-bond donors (Lipinski definition) is 1. The summed E-state index contributed by atoms with van der Waals surface area (Å²) in [5.74, 6) is -0.0864. The first-order chi connectivity index (χ1) is 16.4. The number of amides is 1. The molecule has 170 valence electrons. The van der Waals surface area contributed by atoms with Gasteiger partial charge in [-0.2, -0.15) is 0 Å². The fourth-order valence-electron chi connectivity index (χ4n) is 3.98. The lowest BCUT2D eigenvalue weighted by Gasteiger charge is -2.25. The van der Waals surface area contributed by atoms with Crippen LogP contribution in [0.4, 0.5) is 5.69 Å². The minimum Gasteiger partial charge on any atom is -0.503 e. The minimum absolute atomic E-state index is 0.0312. The van der Waals surface area contributed by atoms with Gasteiger partial charge in [-0.1, -0.05) is 18.2 Å². The summed E-state index contributed by atoms with van der Waals surface area (Å²) in [4.78, 5) is 32.8. The van der Waals surface area contributed by atoms with Crippen molar-refractivity contribution in [3.63, 3.8) is 0 Å². The van der Waals surface area contributed by atoms with E-state index in [2.05, 4.69) is 4.98 Å². The first-order valence-corrected chi connectivity index (χ1v) is 11.4. The molecule has 0 saturated carbocycles. The van der Waals surface area contributed by atoms with E-state index in [1.165, 1.54) is 22.5 Å². The van der Waals surface area contributed by atoms with E-state index in [4.69, 9.17) is 9.15 Å². The Kier molecular flexibility index (Phi) is 5.51. The molecular formula is C26H20N2O5S. The van der Waals surface area contributed by atoms with Crippen LogP contribution in [0.15, 0.2) is 88.7 Å². The largest absolute Gasteiger partial charge is 0.503 e. The summed E-state index contributed by atoms with van der Waals surface area (Å²) in [5, 5.41) is 11.6. The van der Waals surface area contributed by atoms with Crippen molar-refractivity contribution in [1.82, 2.24) is 4.98 Å². The Balaban J connectivity index is 1.52. The minimum atomic E-state index is -0.919. The maximum absolute atomic E-state index is 13.5. The molecule has 1 N–H and O–H groups in total. The van der Waals surface area contributed by atoms with Crippen LogP contribution in [-0.4, -0.2) is 21.8 Å². The highest BCUT2D eigenvalue weighted by Gasteiger charge is 2.46. The molecule has 7 nitrogen and oxygen atoms in total. The monoisotopic (exact) mass is 472 g/mol. The molecule has 2 aromatic heterocycles. The van der Waals surface area contributed by atoms with E-state index < -0.39 is 23.5 Å². The van der Waals surface area contributed by atoms with Crippen LogP contribution in [0, 0.1) is 13.8 Å². The highest BCUT2D eigenvalue weighted by molar-refractivity contribution is 7.14. The second-order valence-corrected chi connectivity index (χ2v) is 8.94. The summed E-state index contributed by atoms with van der Waals surface area (Å²) in [6.45, 7) is 3.54. The lowest BCUT2D eigenvalue weighted by atomic mass is 9.99. The van der Waals surface area contributed by atoms with E-state index in [1.54, 1.807) is 50.2 Å². The van der Waals surface area contributed by atoms with Crippen molar-refractivity contribution in [2.24, 2.45) is 0 Å². The number of benzene rings is 2. The van der Waals surface area contributed by atoms with Gasteiger partial charge in [0.05, 0.1) is 27.4 Å². The van der Waals surface area contributed by atoms with E-state index in [-0.39, 0.29) is 5.57 Å². The third kappa shape index (κ3) is 3.78. The van der Waals surface area contributed by atoms with Gasteiger partial charge in [-0.05, 0) is 62.4 Å². The highest BCUT2D eigenvalue weighted by Crippen LogP contribution is 2.43. The molecular weight excluding hydrogens is 452 g/mol. The number of thiazole rings is 1. The Morgan fingerprint density at radius 2 is 1.74 bits per heavy atom. The van der Waals surface area contributed by atoms with Crippen molar-refractivity contribution in [3.05, 3.63) is 106 Å². The van der Waals surface area contributed by atoms with E-state index >= 15 is 0 Å². The number of ether oxygens (including phenoxy) is 1. The Bertz CT molecular complexity index is 1390. The Hall–Kier alpha value is -4.17. The number of aryl methyl sites for hydroxylation is 2. The number of carbonyl (C=O) groups excluding carboxylic acids is 2. The van der Waals surface area contributed by atoms with Gasteiger partial charge in [0.25, 0.3) is 5.91 Å². The molecule has 0 spiro atoms. The number of Topliss-reactive ketones (excluding diaryl/α,β-unsaturated/α-hetero) is 1. The molecule has 1 amide bonds. The number of nitrogens with zero attached hydrogens (tertiary/aromatic N) is 2. The maximum Gasteiger partial charge on any atom is 0.294 e. The van der Waals surface area contributed by atoms with Crippen LogP contribution >= 0.6 is 11.3 Å². The molecule has 0 aliphatic carbocycles. The van der Waals surface area contributed by atoms with Gasteiger partial charge < -0.3 is 14.3 Å². The second-order valence-electron chi connectivity index (χ2n) is 7.74. The average molecular weight is 473 g/mol. The molecule has 1 aliphatic rings. The zero-order chi connectivity index (χ0) is 23.8. The van der Waals surface area contributed by atoms with Crippen LogP contribution in [-0.2, 0) is 4.79 Å². The molecule has 2 aromatic carbocycles. The molecule has 0 fully saturated rings. The van der Waals surface area contributed by atoms with Crippen molar-refractivity contribution in [3.8, 4) is 11.5 Å². The predicted octanol–water partition coefficient (Wildman–Crippen LogP) is 5.93. The van der Waals surface area contributed by atoms with Crippen LogP contribution in [0.1, 0.15) is 32.2 Å². The number of hydrogen-bond acceptors (Lipinski definition) is 7. The van der Waals surface area contributed by atoms with E-state index in [1.807, 2.05) is 30.3 Å². The lowest BCUT2D eigenvalue weighted by Crippen LogP contribution is -2.30. The van der Waals surface area contributed by atoms with Gasteiger partial charge in [0.1, 0.15) is 23.3 Å². The first-order valence-electron chi connectivity index (χ1n) is 10.6. The number of anilines is 1. The summed E-state index contributed by atoms with van der Waals surface area (Å²) in [6, 6.07) is 18.6. The predicted molar refractivity (Wildman–Crippen MR) is 127 cm³/mol. The normalized spacial score (nSPS) is 15.8. The van der Waals surface area contributed by atoms with Gasteiger partial charge in [0.2, 0.25) is 5.78 Å². The Labute approximate surface area is 199 Å². The summed E-state index contributed by atoms with van der Waals surface area (Å²) < 4.78 is 11.4. The fraction of sp³-hybridized carbons (Fsp3) is 0.115. The molecule has 1 unspecified atom stereocenters. The quantitative estimate of drug-likeness (QED) is 0.350. The van der Waals surface area contributed by atoms with Crippen molar-refractivity contribution >= 4 is 28.7 Å². The average Bonchev–Trinajstić information content (AvgIpc) is 3.54. The topological polar surface area (TPSA) is 92.9 Å². The van der Waals surface area contributed by atoms with Gasteiger partial charge in [-0.3, -0.25) is 14.5 Å². The Morgan fingerprint density at radius 1 is 1.03 bits per heavy atom. The second kappa shape index (κ2) is 8.64. The summed E-state index contributed by atoms with van der Waals surface area (Å²) in [6.07, 6.45) is 1.47. The summed E-state index contributed by atoms with van der Waals surface area (Å²) in [5.41, 5.74) is 1.01. The van der Waals surface area contributed by atoms with Gasteiger partial charge in [0.15, 0.2) is 5.76 Å². The zero-order valence-electron chi connectivity index (χ0n) is 18.4. The van der Waals surface area contributed by atoms with E-state index in [0.29, 0.717) is 33.5 Å². The highest BCUT2D eigenvalue weighted by atomic mass is 32.1. The number of ketones is 1. The van der Waals surface area contributed by atoms with Crippen LogP contribution < -0.4 is 9.64 Å². The van der Waals surface area contributed by atoms with Gasteiger partial charge in [-0.15, -0.1) is 11.3 Å². The molecule has 4 aromatic rings. The molecule has 1 atom stereocenters. The number of carbonyl (C=O) groups is 2. The van der Waals surface area contributed by atoms with Crippen molar-refractivity contribution < 1.29 is 23.8 Å². The van der Waals surface area contributed by atoms with E-state index in [9.17, 15) is 14.7 Å². The molecule has 0 bridgehead atoms. The van der Waals surface area contributed by atoms with Gasteiger partial charge in [0, 0.05) is 5.69 Å². The van der Waals surface area contributed by atoms with Crippen molar-refractivity contribution in [1.29, 1.82) is 0 Å². The molecule has 8 heteroatoms. The van der Waals surface area contributed by atoms with Gasteiger partial charge >= 0.3 is 0 Å². The Morgan fingerprint density at radius 3 is 2.35 bits per heavy atom. The molecule has 34 heavy (non-hydrogen) atoms.